The molecular formula is C32H19NS. The summed E-state index contributed by atoms with van der Waals surface area (Å²) in [5.41, 5.74) is 3.20. The molecule has 0 aliphatic rings. The van der Waals surface area contributed by atoms with Gasteiger partial charge in [-0.25, -0.2) is 0 Å². The number of hydrogen-bond acceptors (Lipinski definition) is 1. The Kier molecular flexibility index (Phi) is 2.93. The molecule has 2 heteroatoms. The van der Waals surface area contributed by atoms with Crippen LogP contribution in [0.2, 0.25) is 0 Å². The van der Waals surface area contributed by atoms with E-state index in [0.29, 0.717) is 10.1 Å². The second-order valence-electron chi connectivity index (χ2n) is 8.63. The number of fused-ring (bicyclic) bond motifs is 12. The summed E-state index contributed by atoms with van der Waals surface area (Å²) < 4.78 is 38.2. The molecular weight excluding hydrogens is 430 g/mol. The smallest absolute Gasteiger partial charge is 0.0726 e. The highest BCUT2D eigenvalue weighted by Crippen LogP contribution is 2.48. The lowest BCUT2D eigenvalue weighted by Gasteiger charge is -2.11. The minimum atomic E-state index is -0.194. The Balaban J connectivity index is 1.79. The fraction of sp³-hybridized carbons (Fsp3) is 0. The van der Waals surface area contributed by atoms with Crippen molar-refractivity contribution < 1.29 is 5.48 Å². The third-order valence-electron chi connectivity index (χ3n) is 6.88. The van der Waals surface area contributed by atoms with E-state index in [0.717, 1.165) is 59.1 Å². The summed E-state index contributed by atoms with van der Waals surface area (Å²) in [6.45, 7) is 0. The van der Waals surface area contributed by atoms with Gasteiger partial charge in [-0.05, 0) is 34.3 Å². The molecule has 0 saturated carbocycles. The van der Waals surface area contributed by atoms with Crippen molar-refractivity contribution in [2.45, 2.75) is 0 Å². The zero-order chi connectivity index (χ0) is 25.7. The zero-order valence-electron chi connectivity index (χ0n) is 22.0. The number of para-hydroxylation sites is 1. The number of nitrogens with zero attached hydrogens (tertiary/aromatic N) is 1. The quantitative estimate of drug-likeness (QED) is 0.233. The average molecular weight is 454 g/mol. The summed E-state index contributed by atoms with van der Waals surface area (Å²) in [5.74, 6) is 0. The molecule has 2 aromatic heterocycles. The van der Waals surface area contributed by atoms with E-state index in [-0.39, 0.29) is 24.2 Å². The van der Waals surface area contributed by atoms with Crippen LogP contribution in [-0.4, -0.2) is 4.57 Å². The largest absolute Gasteiger partial charge is 0.307 e. The second-order valence-corrected chi connectivity index (χ2v) is 9.65. The van der Waals surface area contributed by atoms with Gasteiger partial charge in [0.05, 0.1) is 21.2 Å². The molecule has 0 saturated heterocycles. The average Bonchev–Trinajstić information content (AvgIpc) is 3.53. The van der Waals surface area contributed by atoms with Crippen LogP contribution >= 0.6 is 11.3 Å². The third-order valence-corrected chi connectivity index (χ3v) is 8.00. The number of benzene rings is 6. The highest BCUT2D eigenvalue weighted by atomic mass is 32.1. The Morgan fingerprint density at radius 3 is 2.12 bits per heavy atom. The standard InChI is InChI=1S/C32H19NS/c1-2-11-21(12-3-1)33-30-22-13-5-4-10-20(22)18-19-26(30)28-23-14-6-7-15-24(23)29-25-16-8-9-17-27(25)34-32(29)31(28)33/h1-19H/i8D,9D,16D,17D. The van der Waals surface area contributed by atoms with E-state index in [2.05, 4.69) is 65.2 Å². The van der Waals surface area contributed by atoms with E-state index in [1.807, 2.05) is 30.3 Å². The lowest BCUT2D eigenvalue weighted by atomic mass is 9.98. The summed E-state index contributed by atoms with van der Waals surface area (Å²) in [5, 5.41) is 8.19. The Morgan fingerprint density at radius 2 is 1.26 bits per heavy atom. The Labute approximate surface area is 205 Å². The molecule has 0 aliphatic heterocycles. The van der Waals surface area contributed by atoms with E-state index >= 15 is 0 Å². The maximum atomic E-state index is 8.85. The maximum absolute atomic E-state index is 8.85. The lowest BCUT2D eigenvalue weighted by molar-refractivity contribution is 1.19. The van der Waals surface area contributed by atoms with E-state index < -0.39 is 0 Å². The molecule has 0 unspecified atom stereocenters. The van der Waals surface area contributed by atoms with Gasteiger partial charge in [0.2, 0.25) is 0 Å². The van der Waals surface area contributed by atoms with Crippen LogP contribution in [0.1, 0.15) is 5.48 Å². The van der Waals surface area contributed by atoms with Crippen LogP contribution in [0.4, 0.5) is 0 Å². The molecule has 2 heterocycles. The molecule has 0 amide bonds. The summed E-state index contributed by atoms with van der Waals surface area (Å²) in [4.78, 5) is 0. The van der Waals surface area contributed by atoms with Crippen LogP contribution in [0.3, 0.4) is 0 Å². The first kappa shape index (κ1) is 14.9. The number of rotatable bonds is 1. The Morgan fingerprint density at radius 1 is 0.559 bits per heavy atom. The summed E-state index contributed by atoms with van der Waals surface area (Å²) >= 11 is 1.47. The maximum Gasteiger partial charge on any atom is 0.0726 e. The fourth-order valence-electron chi connectivity index (χ4n) is 5.53. The Hall–Kier alpha value is -4.14. The third kappa shape index (κ3) is 2.28. The summed E-state index contributed by atoms with van der Waals surface area (Å²) in [6.07, 6.45) is 0. The molecule has 0 atom stereocenters. The molecule has 6 aromatic carbocycles. The topological polar surface area (TPSA) is 4.93 Å². The number of thiophene rings is 1. The first-order chi connectivity index (χ1) is 18.6. The van der Waals surface area contributed by atoms with Crippen molar-refractivity contribution in [2.24, 2.45) is 0 Å². The van der Waals surface area contributed by atoms with Crippen LogP contribution < -0.4 is 0 Å². The van der Waals surface area contributed by atoms with E-state index in [4.69, 9.17) is 5.48 Å². The van der Waals surface area contributed by atoms with E-state index in [1.165, 1.54) is 11.3 Å². The van der Waals surface area contributed by atoms with Crippen molar-refractivity contribution in [3.63, 3.8) is 0 Å². The molecule has 8 rings (SSSR count). The van der Waals surface area contributed by atoms with Crippen molar-refractivity contribution in [2.75, 3.05) is 0 Å². The van der Waals surface area contributed by atoms with Gasteiger partial charge in [0.25, 0.3) is 0 Å². The van der Waals surface area contributed by atoms with Crippen molar-refractivity contribution in [1.82, 2.24) is 4.57 Å². The van der Waals surface area contributed by atoms with Crippen molar-refractivity contribution >= 4 is 74.9 Å². The Bertz CT molecular complexity index is 2280. The zero-order valence-corrected chi connectivity index (χ0v) is 18.8. The predicted octanol–water partition coefficient (Wildman–Crippen LogP) is 9.46. The minimum absolute atomic E-state index is 0.0181. The molecule has 0 fully saturated rings. The van der Waals surface area contributed by atoms with Crippen LogP contribution in [0, 0.1) is 0 Å². The highest BCUT2D eigenvalue weighted by molar-refractivity contribution is 7.27. The van der Waals surface area contributed by atoms with Crippen LogP contribution in [-0.2, 0) is 0 Å². The number of hydrogen-bond donors (Lipinski definition) is 0. The molecule has 1 nitrogen and oxygen atoms in total. The predicted molar refractivity (Wildman–Crippen MR) is 149 cm³/mol. The molecule has 0 aliphatic carbocycles. The van der Waals surface area contributed by atoms with Gasteiger partial charge < -0.3 is 4.57 Å². The van der Waals surface area contributed by atoms with E-state index in [9.17, 15) is 0 Å². The van der Waals surface area contributed by atoms with Gasteiger partial charge in [0.1, 0.15) is 0 Å². The molecule has 0 bridgehead atoms. The molecule has 8 aromatic rings. The monoisotopic (exact) mass is 453 g/mol. The normalized spacial score (nSPS) is 13.8. The van der Waals surface area contributed by atoms with Crippen molar-refractivity contribution in [3.8, 4) is 5.69 Å². The molecule has 0 radical (unpaired) electrons. The molecule has 0 spiro atoms. The first-order valence-corrected chi connectivity index (χ1v) is 12.1. The van der Waals surface area contributed by atoms with Crippen molar-refractivity contribution in [3.05, 3.63) is 115 Å². The SMILES string of the molecule is [2H]c1c([2H])c([2H])c2c(sc3c2c2ccccc2c2c4ccc5ccccc5c4n(-c4ccccc4)c32)c1[2H]. The van der Waals surface area contributed by atoms with Crippen LogP contribution in [0.5, 0.6) is 0 Å². The highest BCUT2D eigenvalue weighted by Gasteiger charge is 2.22. The lowest BCUT2D eigenvalue weighted by Crippen LogP contribution is -1.94. The second kappa shape index (κ2) is 6.69. The van der Waals surface area contributed by atoms with Crippen molar-refractivity contribution in [1.29, 1.82) is 0 Å². The van der Waals surface area contributed by atoms with Gasteiger partial charge in [-0.15, -0.1) is 11.3 Å². The van der Waals surface area contributed by atoms with Gasteiger partial charge in [-0.3, -0.25) is 0 Å². The minimum Gasteiger partial charge on any atom is -0.307 e. The van der Waals surface area contributed by atoms with Gasteiger partial charge in [-0.1, -0.05) is 97.0 Å². The van der Waals surface area contributed by atoms with Crippen LogP contribution in [0.15, 0.2) is 115 Å². The summed E-state index contributed by atoms with van der Waals surface area (Å²) in [7, 11) is 0. The molecule has 158 valence electrons. The van der Waals surface area contributed by atoms with Gasteiger partial charge in [-0.2, -0.15) is 0 Å². The van der Waals surface area contributed by atoms with Gasteiger partial charge in [0, 0.05) is 37.3 Å². The molecule has 34 heavy (non-hydrogen) atoms. The van der Waals surface area contributed by atoms with Gasteiger partial charge in [0.15, 0.2) is 0 Å². The van der Waals surface area contributed by atoms with Gasteiger partial charge >= 0.3 is 0 Å². The van der Waals surface area contributed by atoms with E-state index in [1.54, 1.807) is 0 Å². The van der Waals surface area contributed by atoms with Crippen LogP contribution in [0.25, 0.3) is 69.2 Å². The number of aromatic nitrogens is 1. The fourth-order valence-corrected chi connectivity index (χ4v) is 6.70. The first-order valence-electron chi connectivity index (χ1n) is 13.3. The summed E-state index contributed by atoms with van der Waals surface area (Å²) in [6, 6.07) is 31.1. The molecule has 0 N–H and O–H groups in total.